The number of nitrogens with zero attached hydrogens (tertiary/aromatic N) is 3. The van der Waals surface area contributed by atoms with Gasteiger partial charge >= 0.3 is 0 Å². The molecular formula is C42H66N4O7Si. The van der Waals surface area contributed by atoms with Crippen LogP contribution >= 0.6 is 0 Å². The Morgan fingerprint density at radius 2 is 1.63 bits per heavy atom. The van der Waals surface area contributed by atoms with Crippen molar-refractivity contribution in [2.24, 2.45) is 11.8 Å². The van der Waals surface area contributed by atoms with E-state index in [1.165, 1.54) is 0 Å². The number of rotatable bonds is 14. The van der Waals surface area contributed by atoms with Crippen LogP contribution in [0.2, 0.25) is 18.1 Å². The van der Waals surface area contributed by atoms with E-state index in [4.69, 9.17) is 18.4 Å². The predicted octanol–water partition coefficient (Wildman–Crippen LogP) is 8.43. The molecule has 3 aliphatic carbocycles. The van der Waals surface area contributed by atoms with Crippen molar-refractivity contribution in [3.05, 3.63) is 45.4 Å². The molecule has 54 heavy (non-hydrogen) atoms. The van der Waals surface area contributed by atoms with Gasteiger partial charge < -0.3 is 33.7 Å². The van der Waals surface area contributed by atoms with Crippen molar-refractivity contribution in [1.29, 1.82) is 0 Å². The molecule has 300 valence electrons. The standard InChI is InChI=1S/C42H66N4O7Si/c1-15-17-19-50-29-23-26(24-43-40(3,4)5)33(45(9)10)27-21-25-22-28-34(46(11)12)36-32(39(44-52-36)51-20-18-16-2)38(49)42(28,53-54(13,14)41(6,7)8)37(48)30(25)35(47)31(27)29/h23,25,28,34,43,48H,15-22,24H2,1-14H3/t25-,28-,34-,42-/m0/s1. The molecule has 0 amide bonds. The topological polar surface area (TPSA) is 127 Å². The molecule has 0 bridgehead atoms. The van der Waals surface area contributed by atoms with E-state index in [1.54, 1.807) is 0 Å². The molecule has 0 aliphatic heterocycles. The Hall–Kier alpha value is -3.19. The van der Waals surface area contributed by atoms with Gasteiger partial charge in [0.15, 0.2) is 25.5 Å². The van der Waals surface area contributed by atoms with Crippen molar-refractivity contribution in [3.8, 4) is 11.6 Å². The maximum Gasteiger partial charge on any atom is 0.265 e. The lowest BCUT2D eigenvalue weighted by atomic mass is 9.58. The van der Waals surface area contributed by atoms with Gasteiger partial charge in [0.1, 0.15) is 17.1 Å². The highest BCUT2D eigenvalue weighted by Crippen LogP contribution is 2.60. The average Bonchev–Trinajstić information content (AvgIpc) is 3.47. The van der Waals surface area contributed by atoms with Gasteiger partial charge in [0.25, 0.3) is 5.88 Å². The maximum atomic E-state index is 15.4. The quantitative estimate of drug-likeness (QED) is 0.142. The Morgan fingerprint density at radius 1 is 1.00 bits per heavy atom. The summed E-state index contributed by atoms with van der Waals surface area (Å²) in [5.74, 6) is -1.03. The third kappa shape index (κ3) is 7.40. The van der Waals surface area contributed by atoms with E-state index in [0.29, 0.717) is 49.7 Å². The molecule has 0 unspecified atom stereocenters. The zero-order chi connectivity index (χ0) is 40.1. The summed E-state index contributed by atoms with van der Waals surface area (Å²) in [6.07, 6.45) is 4.34. The number of ether oxygens (including phenoxy) is 2. The molecule has 5 rings (SSSR count). The minimum absolute atomic E-state index is 0.103. The van der Waals surface area contributed by atoms with Gasteiger partial charge in [-0.05, 0) is 107 Å². The van der Waals surface area contributed by atoms with Crippen LogP contribution in [-0.2, 0) is 17.4 Å². The van der Waals surface area contributed by atoms with Crippen molar-refractivity contribution in [2.75, 3.05) is 46.3 Å². The second-order valence-corrected chi connectivity index (χ2v) is 23.3. The molecular weight excluding hydrogens is 701 g/mol. The van der Waals surface area contributed by atoms with Crippen LogP contribution in [-0.4, -0.2) is 87.6 Å². The molecule has 1 aromatic carbocycles. The summed E-state index contributed by atoms with van der Waals surface area (Å²) in [6, 6.07) is 1.49. The number of ketones is 2. The van der Waals surface area contributed by atoms with Crippen LogP contribution in [0.1, 0.15) is 131 Å². The number of anilines is 1. The molecule has 12 heteroatoms. The van der Waals surface area contributed by atoms with Gasteiger partial charge in [-0.2, -0.15) is 0 Å². The third-order valence-electron chi connectivity index (χ3n) is 11.9. The Kier molecular flexibility index (Phi) is 12.0. The second-order valence-electron chi connectivity index (χ2n) is 18.5. The molecule has 2 N–H and O–H groups in total. The zero-order valence-electron chi connectivity index (χ0n) is 35.4. The minimum Gasteiger partial charge on any atom is -0.508 e. The Labute approximate surface area is 324 Å². The Morgan fingerprint density at radius 3 is 2.19 bits per heavy atom. The van der Waals surface area contributed by atoms with Crippen LogP contribution < -0.4 is 19.7 Å². The fourth-order valence-corrected chi connectivity index (χ4v) is 9.60. The molecule has 0 fully saturated rings. The fourth-order valence-electron chi connectivity index (χ4n) is 8.14. The van der Waals surface area contributed by atoms with Crippen molar-refractivity contribution in [2.45, 2.75) is 136 Å². The van der Waals surface area contributed by atoms with E-state index in [9.17, 15) is 5.11 Å². The molecule has 1 aromatic heterocycles. The van der Waals surface area contributed by atoms with Crippen LogP contribution in [0, 0.1) is 11.8 Å². The molecule has 4 atom stereocenters. The molecule has 0 saturated heterocycles. The van der Waals surface area contributed by atoms with E-state index in [2.05, 4.69) is 83.9 Å². The molecule has 11 nitrogen and oxygen atoms in total. The van der Waals surface area contributed by atoms with Gasteiger partial charge in [-0.1, -0.05) is 47.5 Å². The molecule has 1 heterocycles. The number of hydrogen-bond donors (Lipinski definition) is 2. The lowest BCUT2D eigenvalue weighted by Crippen LogP contribution is -2.65. The van der Waals surface area contributed by atoms with Gasteiger partial charge in [-0.25, -0.2) is 0 Å². The van der Waals surface area contributed by atoms with E-state index in [0.717, 1.165) is 42.5 Å². The Balaban J connectivity index is 1.80. The molecule has 0 spiro atoms. The van der Waals surface area contributed by atoms with Crippen molar-refractivity contribution < 1.29 is 33.1 Å². The number of benzene rings is 1. The third-order valence-corrected chi connectivity index (χ3v) is 16.3. The number of aromatic nitrogens is 1. The van der Waals surface area contributed by atoms with Crippen molar-refractivity contribution in [1.82, 2.24) is 15.4 Å². The van der Waals surface area contributed by atoms with E-state index in [-0.39, 0.29) is 45.1 Å². The summed E-state index contributed by atoms with van der Waals surface area (Å²) in [4.78, 5) is 34.8. The van der Waals surface area contributed by atoms with Crippen molar-refractivity contribution >= 4 is 25.6 Å². The van der Waals surface area contributed by atoms with Crippen molar-refractivity contribution in [3.63, 3.8) is 0 Å². The summed E-state index contributed by atoms with van der Waals surface area (Å²) in [7, 11) is 5.08. The summed E-state index contributed by atoms with van der Waals surface area (Å²) in [6.45, 7) is 22.5. The average molecular weight is 767 g/mol. The van der Waals surface area contributed by atoms with Gasteiger partial charge in [-0.3, -0.25) is 14.5 Å². The molecule has 3 aliphatic rings. The zero-order valence-corrected chi connectivity index (χ0v) is 36.4. The van der Waals surface area contributed by atoms with E-state index in [1.807, 2.05) is 39.2 Å². The largest absolute Gasteiger partial charge is 0.508 e. The smallest absolute Gasteiger partial charge is 0.265 e. The number of allylic oxidation sites excluding steroid dienone is 1. The highest BCUT2D eigenvalue weighted by Gasteiger charge is 2.67. The minimum atomic E-state index is -2.82. The Bertz CT molecular complexity index is 1770. The first-order valence-electron chi connectivity index (χ1n) is 19.9. The van der Waals surface area contributed by atoms with Gasteiger partial charge in [-0.15, -0.1) is 0 Å². The number of aliphatic hydroxyl groups excluding tert-OH is 1. The van der Waals surface area contributed by atoms with Crippen LogP contribution in [0.4, 0.5) is 5.69 Å². The maximum absolute atomic E-state index is 15.4. The molecule has 0 saturated carbocycles. The highest BCUT2D eigenvalue weighted by molar-refractivity contribution is 6.74. The predicted molar refractivity (Wildman–Crippen MR) is 216 cm³/mol. The lowest BCUT2D eigenvalue weighted by molar-refractivity contribution is -0.0480. The summed E-state index contributed by atoms with van der Waals surface area (Å²) >= 11 is 0. The highest BCUT2D eigenvalue weighted by atomic mass is 28.4. The first-order valence-corrected chi connectivity index (χ1v) is 22.8. The number of hydrogen-bond acceptors (Lipinski definition) is 11. The number of carbonyl (C=O) groups is 2. The lowest BCUT2D eigenvalue weighted by Gasteiger charge is -2.55. The van der Waals surface area contributed by atoms with Crippen LogP contribution in [0.3, 0.4) is 0 Å². The number of aliphatic hydroxyl groups is 1. The number of carbonyl (C=O) groups excluding carboxylic acids is 2. The monoisotopic (exact) mass is 766 g/mol. The number of unbranched alkanes of at least 4 members (excludes halogenated alkanes) is 2. The summed E-state index contributed by atoms with van der Waals surface area (Å²) in [5.41, 5.74) is 1.80. The first kappa shape index (κ1) is 42.0. The SMILES string of the molecule is CCCCOc1cc(CNC(C)(C)C)c(N(C)C)c2c1C(=O)C1=C(O)[C@]3(O[Si](C)(C)C(C)(C)C)C(=O)c4c(OCCCC)noc4[C@@H](N(C)C)[C@@H]3C[C@@H]1C2. The van der Waals surface area contributed by atoms with E-state index >= 15 is 9.59 Å². The first-order chi connectivity index (χ1) is 25.1. The van der Waals surface area contributed by atoms with Crippen LogP contribution in [0.5, 0.6) is 11.6 Å². The summed E-state index contributed by atoms with van der Waals surface area (Å²) < 4.78 is 25.9. The van der Waals surface area contributed by atoms with Crippen LogP contribution in [0.15, 0.2) is 21.9 Å². The number of nitrogens with one attached hydrogen (secondary N) is 1. The normalized spacial score (nSPS) is 22.9. The van der Waals surface area contributed by atoms with E-state index < -0.39 is 31.7 Å². The number of Topliss-reactive ketones (excluding diaryl/α,β-unsaturated/α-hetero) is 2. The molecule has 2 aromatic rings. The number of fused-ring (bicyclic) bond motifs is 4. The van der Waals surface area contributed by atoms with Gasteiger partial charge in [0.05, 0.1) is 24.8 Å². The fraction of sp³-hybridized carbons (Fsp3) is 0.690. The van der Waals surface area contributed by atoms with Gasteiger partial charge in [0, 0.05) is 43.4 Å². The second kappa shape index (κ2) is 15.4. The van der Waals surface area contributed by atoms with Crippen LogP contribution in [0.25, 0.3) is 0 Å². The summed E-state index contributed by atoms with van der Waals surface area (Å²) in [5, 5.41) is 20.6. The van der Waals surface area contributed by atoms with Gasteiger partial charge in [0.2, 0.25) is 5.78 Å². The molecule has 0 radical (unpaired) electrons.